The second-order valence-electron chi connectivity index (χ2n) is 4.27. The number of carbonyl (C=O) groups excluding carboxylic acids is 1. The molecule has 1 heterocycles. The quantitative estimate of drug-likeness (QED) is 0.765. The summed E-state index contributed by atoms with van der Waals surface area (Å²) in [5.74, 6) is 0.844. The maximum absolute atomic E-state index is 11.8. The molecule has 0 radical (unpaired) electrons. The van der Waals surface area contributed by atoms with E-state index in [0.717, 1.165) is 22.2 Å². The van der Waals surface area contributed by atoms with Crippen LogP contribution in [0.5, 0.6) is 0 Å². The van der Waals surface area contributed by atoms with Gasteiger partial charge in [-0.25, -0.2) is 0 Å². The molecule has 1 aromatic carbocycles. The number of rotatable bonds is 2. The van der Waals surface area contributed by atoms with E-state index < -0.39 is 0 Å². The Balaban J connectivity index is 2.31. The highest BCUT2D eigenvalue weighted by atomic mass is 32.2. The maximum Gasteiger partial charge on any atom is 0.230 e. The van der Waals surface area contributed by atoms with Crippen LogP contribution in [0.15, 0.2) is 47.5 Å². The second kappa shape index (κ2) is 5.40. The van der Waals surface area contributed by atoms with Gasteiger partial charge >= 0.3 is 0 Å². The molecule has 0 saturated heterocycles. The summed E-state index contributed by atoms with van der Waals surface area (Å²) in [7, 11) is 0. The lowest BCUT2D eigenvalue weighted by atomic mass is 10.2. The number of thioether (sulfide) groups is 1. The van der Waals surface area contributed by atoms with Crippen LogP contribution in [0.25, 0.3) is 0 Å². The van der Waals surface area contributed by atoms with Crippen molar-refractivity contribution in [1.29, 1.82) is 0 Å². The summed E-state index contributed by atoms with van der Waals surface area (Å²) in [5.41, 5.74) is 1.90. The topological polar surface area (TPSA) is 32.7 Å². The molecule has 1 aliphatic rings. The van der Waals surface area contributed by atoms with E-state index in [1.807, 2.05) is 37.3 Å². The average molecular weight is 260 g/mol. The molecule has 0 N–H and O–H groups in total. The zero-order valence-electron chi connectivity index (χ0n) is 10.6. The summed E-state index contributed by atoms with van der Waals surface area (Å²) in [6.07, 6.45) is 0. The summed E-state index contributed by atoms with van der Waals surface area (Å²) in [5, 5.41) is 0.765. The molecule has 0 spiro atoms. The van der Waals surface area contributed by atoms with Crippen molar-refractivity contribution in [2.45, 2.75) is 19.9 Å². The molecule has 1 atom stereocenters. The molecule has 1 amide bonds. The second-order valence-corrected chi connectivity index (χ2v) is 5.26. The van der Waals surface area contributed by atoms with Gasteiger partial charge in [0.15, 0.2) is 5.17 Å². The van der Waals surface area contributed by atoms with Gasteiger partial charge in [-0.3, -0.25) is 14.7 Å². The van der Waals surface area contributed by atoms with E-state index in [-0.39, 0.29) is 11.9 Å². The fourth-order valence-electron chi connectivity index (χ4n) is 1.74. The highest BCUT2D eigenvalue weighted by molar-refractivity contribution is 8.14. The van der Waals surface area contributed by atoms with Crippen LogP contribution >= 0.6 is 11.8 Å². The Bertz CT molecular complexity index is 496. The molecule has 0 saturated carbocycles. The largest absolute Gasteiger partial charge is 0.274 e. The van der Waals surface area contributed by atoms with Crippen LogP contribution in [0.3, 0.4) is 0 Å². The smallest absolute Gasteiger partial charge is 0.230 e. The lowest BCUT2D eigenvalue weighted by molar-refractivity contribution is -0.115. The minimum Gasteiger partial charge on any atom is -0.274 e. The molecule has 0 aromatic heterocycles. The molecule has 18 heavy (non-hydrogen) atoms. The monoisotopic (exact) mass is 260 g/mol. The Hall–Kier alpha value is -1.55. The molecule has 3 nitrogen and oxygen atoms in total. The van der Waals surface area contributed by atoms with Crippen LogP contribution < -0.4 is 4.90 Å². The number of amidine groups is 1. The van der Waals surface area contributed by atoms with Crippen molar-refractivity contribution in [2.75, 3.05) is 10.7 Å². The predicted octanol–water partition coefficient (Wildman–Crippen LogP) is 3.09. The number of hydrogen-bond donors (Lipinski definition) is 0. The van der Waals surface area contributed by atoms with Gasteiger partial charge in [0.25, 0.3) is 0 Å². The van der Waals surface area contributed by atoms with Crippen LogP contribution in [0.2, 0.25) is 0 Å². The van der Waals surface area contributed by atoms with Gasteiger partial charge in [-0.1, -0.05) is 42.1 Å². The number of amides is 1. The zero-order valence-corrected chi connectivity index (χ0v) is 11.4. The molecule has 1 aromatic rings. The van der Waals surface area contributed by atoms with Gasteiger partial charge in [0.1, 0.15) is 0 Å². The summed E-state index contributed by atoms with van der Waals surface area (Å²) >= 11 is 1.60. The first-order valence-corrected chi connectivity index (χ1v) is 6.80. The molecular formula is C14H16N2OS. The highest BCUT2D eigenvalue weighted by Gasteiger charge is 2.26. The Morgan fingerprint density at radius 3 is 2.56 bits per heavy atom. The lowest BCUT2D eigenvalue weighted by Gasteiger charge is -2.19. The Morgan fingerprint density at radius 2 is 2.06 bits per heavy atom. The molecule has 0 bridgehead atoms. The third-order valence-electron chi connectivity index (χ3n) is 2.73. The van der Waals surface area contributed by atoms with Gasteiger partial charge in [0.05, 0.1) is 11.7 Å². The van der Waals surface area contributed by atoms with Crippen LogP contribution in [-0.4, -0.2) is 22.9 Å². The number of hydrogen-bond acceptors (Lipinski definition) is 3. The number of anilines is 1. The van der Waals surface area contributed by atoms with E-state index in [2.05, 4.69) is 11.6 Å². The van der Waals surface area contributed by atoms with Gasteiger partial charge < -0.3 is 0 Å². The molecule has 1 aliphatic heterocycles. The SMILES string of the molecule is C=C(C)C1CSC(N(C(C)=O)c2ccccc2)=N1. The normalized spacial score (nSPS) is 18.3. The summed E-state index contributed by atoms with van der Waals surface area (Å²) in [6.45, 7) is 7.45. The Labute approximate surface area is 112 Å². The van der Waals surface area contributed by atoms with Crippen LogP contribution in [0, 0.1) is 0 Å². The first-order chi connectivity index (χ1) is 8.59. The van der Waals surface area contributed by atoms with E-state index in [0.29, 0.717) is 0 Å². The zero-order chi connectivity index (χ0) is 13.1. The molecule has 0 fully saturated rings. The van der Waals surface area contributed by atoms with Gasteiger partial charge in [0.2, 0.25) is 5.91 Å². The highest BCUT2D eigenvalue weighted by Crippen LogP contribution is 2.27. The van der Waals surface area contributed by atoms with Crippen LogP contribution in [-0.2, 0) is 4.79 Å². The third kappa shape index (κ3) is 2.64. The van der Waals surface area contributed by atoms with E-state index in [1.165, 1.54) is 0 Å². The molecule has 2 rings (SSSR count). The van der Waals surface area contributed by atoms with E-state index in [9.17, 15) is 4.79 Å². The summed E-state index contributed by atoms with van der Waals surface area (Å²) in [6, 6.07) is 9.72. The molecule has 94 valence electrons. The van der Waals surface area contributed by atoms with Gasteiger partial charge in [-0.15, -0.1) is 0 Å². The van der Waals surface area contributed by atoms with Crippen LogP contribution in [0.4, 0.5) is 5.69 Å². The van der Waals surface area contributed by atoms with Crippen LogP contribution in [0.1, 0.15) is 13.8 Å². The predicted molar refractivity (Wildman–Crippen MR) is 78.1 cm³/mol. The summed E-state index contributed by atoms with van der Waals surface area (Å²) < 4.78 is 0. The number of benzene rings is 1. The van der Waals surface area contributed by atoms with Crippen molar-refractivity contribution in [3.05, 3.63) is 42.5 Å². The van der Waals surface area contributed by atoms with Gasteiger partial charge in [-0.05, 0) is 19.1 Å². The van der Waals surface area contributed by atoms with Gasteiger partial charge in [0, 0.05) is 12.7 Å². The Kier molecular flexibility index (Phi) is 3.87. The summed E-state index contributed by atoms with van der Waals surface area (Å²) in [4.78, 5) is 18.0. The molecule has 0 aliphatic carbocycles. The first-order valence-electron chi connectivity index (χ1n) is 5.81. The van der Waals surface area contributed by atoms with Gasteiger partial charge in [-0.2, -0.15) is 0 Å². The number of aliphatic imine (C=N–C) groups is 1. The first kappa shape index (κ1) is 12.9. The minimum absolute atomic E-state index is 0.0187. The fraction of sp³-hybridized carbons (Fsp3) is 0.286. The average Bonchev–Trinajstić information content (AvgIpc) is 2.79. The number of nitrogens with zero attached hydrogens (tertiary/aromatic N) is 2. The standard InChI is InChI=1S/C14H16N2OS/c1-10(2)13-9-18-14(15-13)16(11(3)17)12-7-5-4-6-8-12/h4-8,13H,1,9H2,2-3H3. The lowest BCUT2D eigenvalue weighted by Crippen LogP contribution is -2.32. The van der Waals surface area contributed by atoms with E-state index in [1.54, 1.807) is 23.6 Å². The van der Waals surface area contributed by atoms with Crippen molar-refractivity contribution in [3.8, 4) is 0 Å². The maximum atomic E-state index is 11.8. The van der Waals surface area contributed by atoms with Crippen molar-refractivity contribution in [3.63, 3.8) is 0 Å². The van der Waals surface area contributed by atoms with Crippen molar-refractivity contribution in [2.24, 2.45) is 4.99 Å². The fourth-order valence-corrected chi connectivity index (χ4v) is 2.97. The number of carbonyl (C=O) groups is 1. The van der Waals surface area contributed by atoms with Crippen molar-refractivity contribution >= 4 is 28.5 Å². The third-order valence-corrected chi connectivity index (χ3v) is 3.75. The minimum atomic E-state index is -0.0187. The molecular weight excluding hydrogens is 244 g/mol. The number of para-hydroxylation sites is 1. The molecule has 4 heteroatoms. The van der Waals surface area contributed by atoms with Crippen molar-refractivity contribution < 1.29 is 4.79 Å². The van der Waals surface area contributed by atoms with Crippen molar-refractivity contribution in [1.82, 2.24) is 0 Å². The Morgan fingerprint density at radius 1 is 1.39 bits per heavy atom. The van der Waals surface area contributed by atoms with E-state index in [4.69, 9.17) is 0 Å². The van der Waals surface area contributed by atoms with E-state index >= 15 is 0 Å². The molecule has 1 unspecified atom stereocenters.